The van der Waals surface area contributed by atoms with Gasteiger partial charge in [-0.1, -0.05) is 101 Å². The van der Waals surface area contributed by atoms with Crippen LogP contribution in [0.2, 0.25) is 0 Å². The van der Waals surface area contributed by atoms with Crippen LogP contribution in [-0.4, -0.2) is 41.2 Å². The van der Waals surface area contributed by atoms with E-state index in [0.717, 1.165) is 31.1 Å². The summed E-state index contributed by atoms with van der Waals surface area (Å²) < 4.78 is 29.3. The lowest BCUT2D eigenvalue weighted by Gasteiger charge is -2.32. The molecule has 0 saturated carbocycles. The van der Waals surface area contributed by atoms with Gasteiger partial charge in [-0.05, 0) is 132 Å². The van der Waals surface area contributed by atoms with Crippen LogP contribution >= 0.6 is 0 Å². The van der Waals surface area contributed by atoms with Crippen LogP contribution < -0.4 is 10.9 Å². The number of aryl methyl sites for hydroxylation is 2. The quantitative estimate of drug-likeness (QED) is 0.0900. The van der Waals surface area contributed by atoms with E-state index in [-0.39, 0.29) is 0 Å². The van der Waals surface area contributed by atoms with Crippen molar-refractivity contribution in [2.45, 2.75) is 156 Å². The summed E-state index contributed by atoms with van der Waals surface area (Å²) in [6.07, 6.45) is 11.6. The Morgan fingerprint density at radius 1 is 0.528 bits per heavy atom. The molecule has 2 aliphatic heterocycles. The second-order valence-corrected chi connectivity index (χ2v) is 17.8. The normalized spacial score (nSPS) is 19.0. The van der Waals surface area contributed by atoms with Crippen molar-refractivity contribution in [2.75, 3.05) is 0 Å². The van der Waals surface area contributed by atoms with Gasteiger partial charge in [-0.2, -0.15) is 0 Å². The molecule has 0 N–H and O–H groups in total. The third kappa shape index (κ3) is 7.01. The topological polar surface area (TPSA) is 41.9 Å². The Labute approximate surface area is 319 Å². The van der Waals surface area contributed by atoms with Gasteiger partial charge in [0.05, 0.1) is 33.4 Å². The Morgan fingerprint density at radius 3 is 1.72 bits per heavy atom. The van der Waals surface area contributed by atoms with Gasteiger partial charge in [0, 0.05) is 16.5 Å². The first-order chi connectivity index (χ1) is 25.2. The fourth-order valence-electron chi connectivity index (χ4n) is 8.19. The molecule has 5 aromatic rings. The summed E-state index contributed by atoms with van der Waals surface area (Å²) >= 11 is 0. The van der Waals surface area contributed by atoms with E-state index in [1.54, 1.807) is 0 Å². The molecule has 1 aromatic heterocycles. The number of unbranched alkanes of at least 4 members (excludes halogenated alkanes) is 6. The minimum atomic E-state index is -0.430. The Kier molecular flexibility index (Phi) is 10.5. The van der Waals surface area contributed by atoms with Crippen molar-refractivity contribution in [3.05, 3.63) is 77.9 Å². The zero-order valence-electron chi connectivity index (χ0n) is 34.2. The largest absolute Gasteiger partial charge is 0.495 e. The number of benzene rings is 4. The Bertz CT molecular complexity index is 2080. The minimum absolute atomic E-state index is 0.394. The van der Waals surface area contributed by atoms with Crippen LogP contribution in [0.3, 0.4) is 0 Å². The van der Waals surface area contributed by atoms with Crippen molar-refractivity contribution in [2.24, 2.45) is 0 Å². The maximum absolute atomic E-state index is 6.77. The van der Waals surface area contributed by atoms with Gasteiger partial charge >= 0.3 is 14.2 Å². The number of rotatable bonds is 13. The molecule has 0 radical (unpaired) electrons. The van der Waals surface area contributed by atoms with Crippen LogP contribution in [0.5, 0.6) is 0 Å². The highest BCUT2D eigenvalue weighted by Gasteiger charge is 2.53. The molecule has 7 rings (SSSR count). The predicted octanol–water partition coefficient (Wildman–Crippen LogP) is 10.8. The average Bonchev–Trinajstić information content (AvgIpc) is 3.65. The summed E-state index contributed by atoms with van der Waals surface area (Å²) in [6.45, 7) is 21.7. The van der Waals surface area contributed by atoms with Gasteiger partial charge < -0.3 is 23.2 Å². The third-order valence-electron chi connectivity index (χ3n) is 12.9. The first kappa shape index (κ1) is 38.2. The molecule has 2 aliphatic rings. The molecule has 2 fully saturated rings. The maximum Gasteiger partial charge on any atom is 0.495 e. The van der Waals surface area contributed by atoms with Crippen LogP contribution in [0.1, 0.15) is 132 Å². The van der Waals surface area contributed by atoms with Crippen molar-refractivity contribution in [1.29, 1.82) is 0 Å². The molecule has 0 unspecified atom stereocenters. The van der Waals surface area contributed by atoms with Crippen LogP contribution in [0.15, 0.2) is 66.7 Å². The van der Waals surface area contributed by atoms with E-state index in [0.29, 0.717) is 0 Å². The number of nitrogens with zero attached hydrogens (tertiary/aromatic N) is 1. The highest BCUT2D eigenvalue weighted by atomic mass is 16.7. The molecule has 0 spiro atoms. The number of hydrogen-bond donors (Lipinski definition) is 0. The van der Waals surface area contributed by atoms with Gasteiger partial charge in [0.25, 0.3) is 0 Å². The molecule has 0 aliphatic carbocycles. The lowest BCUT2D eigenvalue weighted by Crippen LogP contribution is -2.41. The van der Waals surface area contributed by atoms with Gasteiger partial charge in [0.15, 0.2) is 0 Å². The summed E-state index contributed by atoms with van der Waals surface area (Å²) in [4.78, 5) is 0. The van der Waals surface area contributed by atoms with Crippen LogP contribution in [0.4, 0.5) is 0 Å². The summed E-state index contributed by atoms with van der Waals surface area (Å²) in [5.74, 6) is 0. The van der Waals surface area contributed by atoms with Crippen molar-refractivity contribution < 1.29 is 18.6 Å². The average molecular weight is 714 g/mol. The summed E-state index contributed by atoms with van der Waals surface area (Å²) in [6, 6.07) is 25.2. The lowest BCUT2D eigenvalue weighted by atomic mass is 9.73. The highest BCUT2D eigenvalue weighted by molar-refractivity contribution is 6.63. The van der Waals surface area contributed by atoms with E-state index in [4.69, 9.17) is 18.6 Å². The molecule has 53 heavy (non-hydrogen) atoms. The third-order valence-corrected chi connectivity index (χ3v) is 12.9. The molecule has 4 aromatic carbocycles. The summed E-state index contributed by atoms with van der Waals surface area (Å²) in [5.41, 5.74) is 7.00. The van der Waals surface area contributed by atoms with Gasteiger partial charge in [0.1, 0.15) is 0 Å². The predicted molar refractivity (Wildman–Crippen MR) is 225 cm³/mol. The monoisotopic (exact) mass is 713 g/mol. The minimum Gasteiger partial charge on any atom is -0.399 e. The second-order valence-electron chi connectivity index (χ2n) is 17.8. The molecule has 0 bridgehead atoms. The second kappa shape index (κ2) is 14.5. The zero-order valence-corrected chi connectivity index (χ0v) is 34.2. The molecular weight excluding hydrogens is 652 g/mol. The molecular formula is C46H61B2NO4. The fourth-order valence-corrected chi connectivity index (χ4v) is 8.19. The molecule has 5 nitrogen and oxygen atoms in total. The Hall–Kier alpha value is -3.09. The van der Waals surface area contributed by atoms with E-state index < -0.39 is 36.6 Å². The van der Waals surface area contributed by atoms with Gasteiger partial charge in [-0.15, -0.1) is 0 Å². The van der Waals surface area contributed by atoms with Crippen LogP contribution in [0, 0.1) is 0 Å². The van der Waals surface area contributed by atoms with Gasteiger partial charge in [-0.25, -0.2) is 0 Å². The lowest BCUT2D eigenvalue weighted by molar-refractivity contribution is 0.00578. The SMILES string of the molecule is CCCCCCc1cc(-n2c3ccc(B4OC(C)(C)C(C)(C)O4)cc3c3c4ccccc4ccc32)c(CCCCCC)cc1B1OC(C)(C)C(C)(C)O1. The number of fused-ring (bicyclic) bond motifs is 5. The zero-order chi connectivity index (χ0) is 37.8. The van der Waals surface area contributed by atoms with Gasteiger partial charge in [-0.3, -0.25) is 0 Å². The smallest absolute Gasteiger partial charge is 0.399 e. The van der Waals surface area contributed by atoms with Crippen molar-refractivity contribution in [3.8, 4) is 5.69 Å². The highest BCUT2D eigenvalue weighted by Crippen LogP contribution is 2.41. The van der Waals surface area contributed by atoms with Gasteiger partial charge in [0.2, 0.25) is 0 Å². The fraction of sp³-hybridized carbons (Fsp3) is 0.522. The number of hydrogen-bond acceptors (Lipinski definition) is 4. The molecule has 3 heterocycles. The van der Waals surface area contributed by atoms with Crippen molar-refractivity contribution in [1.82, 2.24) is 4.57 Å². The van der Waals surface area contributed by atoms with E-state index >= 15 is 0 Å². The molecule has 2 saturated heterocycles. The first-order valence-electron chi connectivity index (χ1n) is 20.5. The van der Waals surface area contributed by atoms with E-state index in [9.17, 15) is 0 Å². The molecule has 0 atom stereocenters. The van der Waals surface area contributed by atoms with Crippen LogP contribution in [-0.2, 0) is 31.5 Å². The Balaban J connectivity index is 1.46. The molecule has 7 heteroatoms. The number of aromatic nitrogens is 1. The molecule has 280 valence electrons. The van der Waals surface area contributed by atoms with Crippen molar-refractivity contribution >= 4 is 57.7 Å². The van der Waals surface area contributed by atoms with Crippen molar-refractivity contribution in [3.63, 3.8) is 0 Å². The summed E-state index contributed by atoms with van der Waals surface area (Å²) in [5, 5.41) is 5.00. The Morgan fingerprint density at radius 2 is 1.09 bits per heavy atom. The van der Waals surface area contributed by atoms with Crippen LogP contribution in [0.25, 0.3) is 38.3 Å². The van der Waals surface area contributed by atoms with E-state index in [1.807, 2.05) is 0 Å². The van der Waals surface area contributed by atoms with E-state index in [1.165, 1.54) is 93.4 Å². The maximum atomic E-state index is 6.77. The summed E-state index contributed by atoms with van der Waals surface area (Å²) in [7, 11) is -0.824. The van der Waals surface area contributed by atoms with E-state index in [2.05, 4.69) is 141 Å². The first-order valence-corrected chi connectivity index (χ1v) is 20.5. The standard InChI is InChI=1S/C46H61B2NO4/c1-11-13-15-17-22-33-30-41(34(23-18-16-14-12-2)29-38(33)48-52-45(7,8)46(9,10)53-48)49-39-28-26-35(47-50-43(3,4)44(5,6)51-47)31-37(39)42-36-24-20-19-21-32(36)25-27-40(42)49/h19-21,24-31H,11-18,22-23H2,1-10H3. The molecule has 0 amide bonds.